The summed E-state index contributed by atoms with van der Waals surface area (Å²) in [5, 5.41) is 0. The van der Waals surface area contributed by atoms with Gasteiger partial charge in [0.2, 0.25) is 5.92 Å². The Hall–Kier alpha value is -0.560. The third kappa shape index (κ3) is 3.35. The molecule has 0 heterocycles. The average molecular weight is 216 g/mol. The first-order valence-corrected chi connectivity index (χ1v) is 2.88. The summed E-state index contributed by atoms with van der Waals surface area (Å²) in [5.74, 6) is -9.47. The molecule has 0 unspecified atom stereocenters. The highest BCUT2D eigenvalue weighted by molar-refractivity contribution is 4.84. The van der Waals surface area contributed by atoms with Crippen LogP contribution < -0.4 is 0 Å². The molecule has 0 fully saturated rings. The third-order valence-corrected chi connectivity index (χ3v) is 1.16. The van der Waals surface area contributed by atoms with Crippen LogP contribution in [0.2, 0.25) is 0 Å². The highest BCUT2D eigenvalue weighted by atomic mass is 19.4. The Kier molecular flexibility index (Phi) is 2.86. The van der Waals surface area contributed by atoms with Gasteiger partial charge in [0.25, 0.3) is 5.92 Å². The van der Waals surface area contributed by atoms with E-state index in [1.165, 1.54) is 0 Å². The van der Waals surface area contributed by atoms with Gasteiger partial charge in [-0.25, -0.2) is 8.78 Å². The molecule has 0 aliphatic carbocycles. The summed E-state index contributed by atoms with van der Waals surface area (Å²) in [5.41, 5.74) is 0. The molecular weight excluding hydrogens is 212 g/mol. The van der Waals surface area contributed by atoms with Crippen molar-refractivity contribution in [3.05, 3.63) is 0 Å². The maximum absolute atomic E-state index is 11.9. The standard InChI is InChI=1S/C5H4F8/c1-3(6,7)2(4(8,9)10)5(11,12)13/h2H,1H3. The van der Waals surface area contributed by atoms with E-state index in [2.05, 4.69) is 0 Å². The number of hydrogen-bond acceptors (Lipinski definition) is 0. The second-order valence-corrected chi connectivity index (χ2v) is 2.47. The quantitative estimate of drug-likeness (QED) is 0.589. The second-order valence-electron chi connectivity index (χ2n) is 2.47. The van der Waals surface area contributed by atoms with Gasteiger partial charge in [0.1, 0.15) is 0 Å². The summed E-state index contributed by atoms with van der Waals surface area (Å²) in [6.07, 6.45) is -12.0. The largest absolute Gasteiger partial charge is 0.406 e. The Bertz CT molecular complexity index is 135. The first-order chi connectivity index (χ1) is 5.37. The molecule has 0 aromatic carbocycles. The molecule has 0 amide bonds. The average Bonchev–Trinajstić information content (AvgIpc) is 1.44. The van der Waals surface area contributed by atoms with Crippen molar-refractivity contribution in [2.45, 2.75) is 25.2 Å². The van der Waals surface area contributed by atoms with Gasteiger partial charge in [0.05, 0.1) is 0 Å². The van der Waals surface area contributed by atoms with Crippen molar-refractivity contribution in [1.29, 1.82) is 0 Å². The van der Waals surface area contributed by atoms with E-state index >= 15 is 0 Å². The molecule has 0 spiro atoms. The van der Waals surface area contributed by atoms with E-state index in [0.717, 1.165) is 0 Å². The highest BCUT2D eigenvalue weighted by Crippen LogP contribution is 2.47. The predicted molar refractivity (Wildman–Crippen MR) is 26.2 cm³/mol. The Labute approximate surface area is 67.5 Å². The number of alkyl halides is 8. The molecule has 13 heavy (non-hydrogen) atoms. The van der Waals surface area contributed by atoms with Crippen LogP contribution in [0.25, 0.3) is 0 Å². The fourth-order valence-corrected chi connectivity index (χ4v) is 0.760. The SMILES string of the molecule is CC(F)(F)C(C(F)(F)F)C(F)(F)F. The lowest BCUT2D eigenvalue weighted by Crippen LogP contribution is -2.47. The lowest BCUT2D eigenvalue weighted by Gasteiger charge is -2.27. The number of rotatable bonds is 1. The van der Waals surface area contributed by atoms with Gasteiger partial charge >= 0.3 is 12.4 Å². The molecule has 0 aromatic rings. The van der Waals surface area contributed by atoms with Gasteiger partial charge in [-0.15, -0.1) is 0 Å². The van der Waals surface area contributed by atoms with Gasteiger partial charge in [0, 0.05) is 6.92 Å². The molecule has 80 valence electrons. The molecule has 0 radical (unpaired) electrons. The number of hydrogen-bond donors (Lipinski definition) is 0. The summed E-state index contributed by atoms with van der Waals surface area (Å²) in [6, 6.07) is 0. The minimum absolute atomic E-state index is 0.418. The minimum atomic E-state index is -5.99. The molecule has 0 saturated carbocycles. The van der Waals surface area contributed by atoms with Gasteiger partial charge < -0.3 is 0 Å². The van der Waals surface area contributed by atoms with Crippen molar-refractivity contribution in [2.24, 2.45) is 5.92 Å². The third-order valence-electron chi connectivity index (χ3n) is 1.16. The topological polar surface area (TPSA) is 0 Å². The van der Waals surface area contributed by atoms with Gasteiger partial charge in [-0.3, -0.25) is 0 Å². The van der Waals surface area contributed by atoms with Crippen LogP contribution in [0.5, 0.6) is 0 Å². The van der Waals surface area contributed by atoms with Gasteiger partial charge in [-0.2, -0.15) is 26.3 Å². The maximum Gasteiger partial charge on any atom is 0.406 e. The van der Waals surface area contributed by atoms with Crippen LogP contribution in [0.1, 0.15) is 6.92 Å². The fourth-order valence-electron chi connectivity index (χ4n) is 0.760. The summed E-state index contributed by atoms with van der Waals surface area (Å²) in [6.45, 7) is -0.418. The lowest BCUT2D eigenvalue weighted by molar-refractivity contribution is -0.333. The van der Waals surface area contributed by atoms with E-state index in [1.54, 1.807) is 0 Å². The minimum Gasteiger partial charge on any atom is -0.206 e. The predicted octanol–water partition coefficient (Wildman–Crippen LogP) is 3.38. The van der Waals surface area contributed by atoms with E-state index in [4.69, 9.17) is 0 Å². The molecule has 0 nitrogen and oxygen atoms in total. The first kappa shape index (κ1) is 12.4. The van der Waals surface area contributed by atoms with Crippen molar-refractivity contribution < 1.29 is 35.1 Å². The Balaban J connectivity index is 5.02. The van der Waals surface area contributed by atoms with Crippen LogP contribution in [0.4, 0.5) is 35.1 Å². The van der Waals surface area contributed by atoms with E-state index in [9.17, 15) is 35.1 Å². The van der Waals surface area contributed by atoms with Crippen molar-refractivity contribution in [2.75, 3.05) is 0 Å². The molecular formula is C5H4F8. The molecule has 0 bridgehead atoms. The lowest BCUT2D eigenvalue weighted by atomic mass is 10.0. The normalized spacial score (nSPS) is 15.2. The van der Waals surface area contributed by atoms with Crippen LogP contribution >= 0.6 is 0 Å². The maximum atomic E-state index is 11.9. The zero-order valence-electron chi connectivity index (χ0n) is 6.10. The Morgan fingerprint density at radius 1 is 0.692 bits per heavy atom. The van der Waals surface area contributed by atoms with Crippen LogP contribution in [-0.2, 0) is 0 Å². The molecule has 0 atom stereocenters. The van der Waals surface area contributed by atoms with Gasteiger partial charge in [0.15, 0.2) is 0 Å². The van der Waals surface area contributed by atoms with Crippen molar-refractivity contribution in [3.8, 4) is 0 Å². The summed E-state index contributed by atoms with van der Waals surface area (Å²) in [7, 11) is 0. The van der Waals surface area contributed by atoms with E-state index in [0.29, 0.717) is 0 Å². The molecule has 0 N–H and O–H groups in total. The van der Waals surface area contributed by atoms with Crippen LogP contribution in [0.3, 0.4) is 0 Å². The van der Waals surface area contributed by atoms with Crippen LogP contribution in [0.15, 0.2) is 0 Å². The van der Waals surface area contributed by atoms with Crippen molar-refractivity contribution in [3.63, 3.8) is 0 Å². The van der Waals surface area contributed by atoms with E-state index in [1.807, 2.05) is 0 Å². The van der Waals surface area contributed by atoms with Crippen molar-refractivity contribution >= 4 is 0 Å². The summed E-state index contributed by atoms with van der Waals surface area (Å²) in [4.78, 5) is 0. The molecule has 0 aliphatic rings. The summed E-state index contributed by atoms with van der Waals surface area (Å²) < 4.78 is 92.9. The van der Waals surface area contributed by atoms with Crippen LogP contribution in [-0.4, -0.2) is 18.3 Å². The zero-order chi connectivity index (χ0) is 11.1. The molecule has 8 heteroatoms. The van der Waals surface area contributed by atoms with E-state index in [-0.39, 0.29) is 0 Å². The van der Waals surface area contributed by atoms with E-state index < -0.39 is 31.1 Å². The first-order valence-electron chi connectivity index (χ1n) is 2.88. The molecule has 0 aromatic heterocycles. The highest BCUT2D eigenvalue weighted by Gasteiger charge is 2.66. The summed E-state index contributed by atoms with van der Waals surface area (Å²) >= 11 is 0. The molecule has 0 aliphatic heterocycles. The second kappa shape index (κ2) is 2.98. The number of halogens is 8. The van der Waals surface area contributed by atoms with Crippen LogP contribution in [0, 0.1) is 5.92 Å². The smallest absolute Gasteiger partial charge is 0.206 e. The Morgan fingerprint density at radius 2 is 0.923 bits per heavy atom. The monoisotopic (exact) mass is 216 g/mol. The van der Waals surface area contributed by atoms with Gasteiger partial charge in [-0.1, -0.05) is 0 Å². The van der Waals surface area contributed by atoms with Crippen molar-refractivity contribution in [1.82, 2.24) is 0 Å². The molecule has 0 rings (SSSR count). The van der Waals surface area contributed by atoms with Gasteiger partial charge in [-0.05, 0) is 0 Å². The fraction of sp³-hybridized carbons (Fsp3) is 1.00. The zero-order valence-corrected chi connectivity index (χ0v) is 6.10. The molecule has 0 saturated heterocycles. The Morgan fingerprint density at radius 3 is 0.923 bits per heavy atom.